The van der Waals surface area contributed by atoms with Crippen molar-refractivity contribution in [2.24, 2.45) is 0 Å². The van der Waals surface area contributed by atoms with Crippen molar-refractivity contribution in [1.82, 2.24) is 23.3 Å². The molecule has 5 heterocycles. The number of hydrogen-bond acceptors (Lipinski definition) is 2. The topological polar surface area (TPSA) is 45.8 Å². The fraction of sp³-hybridized carbons (Fsp3) is 0. The Bertz CT molecular complexity index is 4240. The predicted molar refractivity (Wildman–Crippen MR) is 277 cm³/mol. The van der Waals surface area contributed by atoms with E-state index in [0.717, 1.165) is 78.1 Å². The summed E-state index contributed by atoms with van der Waals surface area (Å²) in [5.74, 6) is 0.903. The highest BCUT2D eigenvalue weighted by molar-refractivity contribution is 6.15. The molecule has 0 aliphatic carbocycles. The molecule has 5 aromatic heterocycles. The van der Waals surface area contributed by atoms with Crippen LogP contribution in [0.5, 0.6) is 0 Å². The molecular formula is C61H37N5O. The summed E-state index contributed by atoms with van der Waals surface area (Å²) >= 11 is 0. The van der Waals surface area contributed by atoms with Crippen LogP contribution >= 0.6 is 0 Å². The number of furan rings is 1. The van der Waals surface area contributed by atoms with E-state index in [0.29, 0.717) is 0 Å². The van der Waals surface area contributed by atoms with Crippen LogP contribution in [0.3, 0.4) is 0 Å². The number of aromatic nitrogens is 5. The van der Waals surface area contributed by atoms with Gasteiger partial charge in [-0.15, -0.1) is 0 Å². The third-order valence-corrected chi connectivity index (χ3v) is 14.0. The molecule has 0 N–H and O–H groups in total. The predicted octanol–water partition coefficient (Wildman–Crippen LogP) is 15.9. The molecule has 0 spiro atoms. The van der Waals surface area contributed by atoms with E-state index in [1.807, 2.05) is 12.1 Å². The Labute approximate surface area is 383 Å². The van der Waals surface area contributed by atoms with Crippen LogP contribution in [0.2, 0.25) is 0 Å². The molecule has 0 atom stereocenters. The third-order valence-electron chi connectivity index (χ3n) is 14.0. The standard InChI is InChI=1S/C61H37N5O/c1-2-14-38(15-3-1)61-62-51-20-8-13-25-58(51)66(61)42-29-33-60-50(37-42)49-36-41(28-32-59(49)67-60)65-56-30-26-39(63-52-21-9-4-16-43(52)44-17-5-10-22-53(44)63)34-47(56)48-35-40(27-31-57(48)65)64-54-23-11-6-18-45(54)46-19-7-12-24-55(46)64/h1-37H. The normalized spacial score (nSPS) is 12.2. The molecule has 6 heteroatoms. The summed E-state index contributed by atoms with van der Waals surface area (Å²) in [5, 5.41) is 9.44. The van der Waals surface area contributed by atoms with Crippen molar-refractivity contribution in [3.05, 3.63) is 224 Å². The van der Waals surface area contributed by atoms with Gasteiger partial charge in [-0.05, 0) is 109 Å². The van der Waals surface area contributed by atoms with E-state index in [1.54, 1.807) is 0 Å². The van der Waals surface area contributed by atoms with Gasteiger partial charge in [0.15, 0.2) is 0 Å². The van der Waals surface area contributed by atoms with Gasteiger partial charge in [-0.25, -0.2) is 4.98 Å². The van der Waals surface area contributed by atoms with Gasteiger partial charge in [-0.2, -0.15) is 0 Å². The monoisotopic (exact) mass is 855 g/mol. The molecule has 312 valence electrons. The SMILES string of the molecule is c1ccc(-c2nc3ccccc3n2-c2ccc3oc4ccc(-n5c6ccc(-n7c8ccccc8c8ccccc87)cc6c6cc(-n7c8ccccc8c8ccccc87)ccc65)cc4c3c2)cc1. The Morgan fingerprint density at radius 1 is 0.269 bits per heavy atom. The van der Waals surface area contributed by atoms with Crippen molar-refractivity contribution in [1.29, 1.82) is 0 Å². The lowest BCUT2D eigenvalue weighted by Crippen LogP contribution is -1.97. The molecule has 0 radical (unpaired) electrons. The van der Waals surface area contributed by atoms with Crippen LogP contribution < -0.4 is 0 Å². The van der Waals surface area contributed by atoms with E-state index in [4.69, 9.17) is 9.40 Å². The lowest BCUT2D eigenvalue weighted by molar-refractivity contribution is 0.669. The second-order valence-corrected chi connectivity index (χ2v) is 17.6. The number of benzene rings is 10. The molecule has 15 rings (SSSR count). The molecule has 0 unspecified atom stereocenters. The Kier molecular flexibility index (Phi) is 7.40. The minimum atomic E-state index is 0.843. The second-order valence-electron chi connectivity index (χ2n) is 17.6. The average molecular weight is 856 g/mol. The van der Waals surface area contributed by atoms with Crippen LogP contribution in [0.4, 0.5) is 0 Å². The van der Waals surface area contributed by atoms with E-state index >= 15 is 0 Å². The number of para-hydroxylation sites is 6. The van der Waals surface area contributed by atoms with E-state index in [9.17, 15) is 0 Å². The second kappa shape index (κ2) is 13.7. The van der Waals surface area contributed by atoms with Crippen molar-refractivity contribution in [2.45, 2.75) is 0 Å². The van der Waals surface area contributed by atoms with Crippen LogP contribution in [0.25, 0.3) is 133 Å². The highest BCUT2D eigenvalue weighted by Crippen LogP contribution is 2.41. The molecule has 0 fully saturated rings. The molecule has 10 aromatic carbocycles. The number of rotatable bonds is 5. The molecule has 0 aliphatic rings. The lowest BCUT2D eigenvalue weighted by Gasteiger charge is -2.11. The highest BCUT2D eigenvalue weighted by Gasteiger charge is 2.21. The first kappa shape index (κ1) is 36.2. The van der Waals surface area contributed by atoms with Gasteiger partial charge in [0.1, 0.15) is 17.0 Å². The Morgan fingerprint density at radius 3 is 1.10 bits per heavy atom. The Morgan fingerprint density at radius 2 is 0.627 bits per heavy atom. The maximum absolute atomic E-state index is 6.59. The number of fused-ring (bicyclic) bond motifs is 13. The van der Waals surface area contributed by atoms with Crippen LogP contribution in [0.1, 0.15) is 0 Å². The summed E-state index contributed by atoms with van der Waals surface area (Å²) in [6.45, 7) is 0. The van der Waals surface area contributed by atoms with E-state index in [-0.39, 0.29) is 0 Å². The molecule has 0 bridgehead atoms. The van der Waals surface area contributed by atoms with Crippen LogP contribution in [-0.4, -0.2) is 23.3 Å². The molecule has 67 heavy (non-hydrogen) atoms. The van der Waals surface area contributed by atoms with Crippen molar-refractivity contribution in [3.63, 3.8) is 0 Å². The third kappa shape index (κ3) is 5.18. The molecule has 0 aliphatic heterocycles. The first-order chi connectivity index (χ1) is 33.2. The van der Waals surface area contributed by atoms with Crippen molar-refractivity contribution in [3.8, 4) is 34.1 Å². The van der Waals surface area contributed by atoms with Gasteiger partial charge in [0.25, 0.3) is 0 Å². The number of hydrogen-bond donors (Lipinski definition) is 0. The lowest BCUT2D eigenvalue weighted by atomic mass is 10.1. The number of imidazole rings is 1. The minimum Gasteiger partial charge on any atom is -0.456 e. The highest BCUT2D eigenvalue weighted by atomic mass is 16.3. The molecule has 6 nitrogen and oxygen atoms in total. The first-order valence-electron chi connectivity index (χ1n) is 22.8. The molecule has 0 saturated heterocycles. The van der Waals surface area contributed by atoms with Gasteiger partial charge < -0.3 is 18.1 Å². The number of nitrogens with zero attached hydrogens (tertiary/aromatic N) is 5. The summed E-state index contributed by atoms with van der Waals surface area (Å²) in [5.41, 5.74) is 16.1. The fourth-order valence-electron chi connectivity index (χ4n) is 11.1. The molecule has 0 amide bonds. The van der Waals surface area contributed by atoms with E-state index in [1.165, 1.54) is 54.4 Å². The van der Waals surface area contributed by atoms with Crippen molar-refractivity contribution < 1.29 is 4.42 Å². The van der Waals surface area contributed by atoms with Crippen molar-refractivity contribution >= 4 is 98.4 Å². The Balaban J connectivity index is 0.976. The van der Waals surface area contributed by atoms with Gasteiger partial charge in [-0.3, -0.25) is 4.57 Å². The first-order valence-corrected chi connectivity index (χ1v) is 22.8. The van der Waals surface area contributed by atoms with Gasteiger partial charge in [-0.1, -0.05) is 115 Å². The quantitative estimate of drug-likeness (QED) is 0.173. The van der Waals surface area contributed by atoms with E-state index < -0.39 is 0 Å². The summed E-state index contributed by atoms with van der Waals surface area (Å²) in [6.07, 6.45) is 0. The van der Waals surface area contributed by atoms with Gasteiger partial charge in [0.05, 0.1) is 44.1 Å². The zero-order valence-corrected chi connectivity index (χ0v) is 36.0. The molecular weight excluding hydrogens is 819 g/mol. The largest absolute Gasteiger partial charge is 0.456 e. The zero-order chi connectivity index (χ0) is 43.7. The van der Waals surface area contributed by atoms with Crippen molar-refractivity contribution in [2.75, 3.05) is 0 Å². The molecule has 0 saturated carbocycles. The van der Waals surface area contributed by atoms with E-state index in [2.05, 4.69) is 231 Å². The van der Waals surface area contributed by atoms with Gasteiger partial charge in [0.2, 0.25) is 0 Å². The summed E-state index contributed by atoms with van der Waals surface area (Å²) in [7, 11) is 0. The maximum Gasteiger partial charge on any atom is 0.145 e. The Hall–Kier alpha value is -9.13. The maximum atomic E-state index is 6.59. The summed E-state index contributed by atoms with van der Waals surface area (Å²) in [4.78, 5) is 5.13. The van der Waals surface area contributed by atoms with Gasteiger partial charge >= 0.3 is 0 Å². The van der Waals surface area contributed by atoms with Crippen LogP contribution in [0.15, 0.2) is 229 Å². The fourth-order valence-corrected chi connectivity index (χ4v) is 11.1. The van der Waals surface area contributed by atoms with Gasteiger partial charge in [0, 0.05) is 71.4 Å². The molecule has 15 aromatic rings. The summed E-state index contributed by atoms with van der Waals surface area (Å²) in [6, 6.07) is 80.8. The smallest absolute Gasteiger partial charge is 0.145 e. The summed E-state index contributed by atoms with van der Waals surface area (Å²) < 4.78 is 16.1. The zero-order valence-electron chi connectivity index (χ0n) is 36.0. The van der Waals surface area contributed by atoms with Crippen LogP contribution in [-0.2, 0) is 0 Å². The average Bonchev–Trinajstić information content (AvgIpc) is 4.20. The van der Waals surface area contributed by atoms with Crippen LogP contribution in [0, 0.1) is 0 Å². The minimum absolute atomic E-state index is 0.843.